The Morgan fingerprint density at radius 1 is 1.29 bits per heavy atom. The van der Waals surface area contributed by atoms with E-state index in [1.807, 2.05) is 0 Å². The Labute approximate surface area is 127 Å². The molecule has 1 aromatic carbocycles. The lowest BCUT2D eigenvalue weighted by molar-refractivity contribution is 0.0656. The van der Waals surface area contributed by atoms with Crippen LogP contribution in [0.5, 0.6) is 5.75 Å². The van der Waals surface area contributed by atoms with Gasteiger partial charge in [0.15, 0.2) is 0 Å². The third-order valence-electron chi connectivity index (χ3n) is 3.74. The van der Waals surface area contributed by atoms with Gasteiger partial charge in [-0.3, -0.25) is 0 Å². The molecule has 0 saturated carbocycles. The van der Waals surface area contributed by atoms with E-state index in [2.05, 4.69) is 30.4 Å². The lowest BCUT2D eigenvalue weighted by atomic mass is 9.99. The van der Waals surface area contributed by atoms with Crippen LogP contribution in [-0.4, -0.2) is 40.1 Å². The smallest absolute Gasteiger partial charge is 0.127 e. The number of nitrogens with one attached hydrogen (secondary N) is 1. The average Bonchev–Trinajstić information content (AvgIpc) is 2.98. The third-order valence-corrected chi connectivity index (χ3v) is 3.74. The molecule has 0 spiro atoms. The van der Waals surface area contributed by atoms with Crippen LogP contribution in [0.15, 0.2) is 18.2 Å². The van der Waals surface area contributed by atoms with Crippen molar-refractivity contribution in [3.05, 3.63) is 29.3 Å². The number of hydrogen-bond acceptors (Lipinski definition) is 4. The van der Waals surface area contributed by atoms with E-state index in [1.165, 1.54) is 11.1 Å². The van der Waals surface area contributed by atoms with E-state index >= 15 is 0 Å². The van der Waals surface area contributed by atoms with Crippen molar-refractivity contribution in [3.8, 4) is 5.75 Å². The molecule has 1 aliphatic rings. The predicted octanol–water partition coefficient (Wildman–Crippen LogP) is 2.72. The Bertz CT molecular complexity index is 422. The Balaban J connectivity index is 1.97. The first kappa shape index (κ1) is 16.3. The van der Waals surface area contributed by atoms with Crippen molar-refractivity contribution in [2.45, 2.75) is 32.2 Å². The molecule has 118 valence electrons. The maximum atomic E-state index is 5.83. The summed E-state index contributed by atoms with van der Waals surface area (Å²) in [7, 11) is 1.69. The first-order valence-electron chi connectivity index (χ1n) is 7.91. The summed E-state index contributed by atoms with van der Waals surface area (Å²) in [6, 6.07) is 6.76. The summed E-state index contributed by atoms with van der Waals surface area (Å²) in [6.45, 7) is 6.03. The molecule has 0 aromatic heterocycles. The van der Waals surface area contributed by atoms with Crippen molar-refractivity contribution < 1.29 is 14.2 Å². The van der Waals surface area contributed by atoms with Crippen molar-refractivity contribution in [1.82, 2.24) is 5.32 Å². The molecular formula is C17H27NO3. The molecule has 4 nitrogen and oxygen atoms in total. The van der Waals surface area contributed by atoms with Crippen molar-refractivity contribution in [2.24, 2.45) is 0 Å². The van der Waals surface area contributed by atoms with Gasteiger partial charge in [0.25, 0.3) is 0 Å². The predicted molar refractivity (Wildman–Crippen MR) is 84.0 cm³/mol. The third kappa shape index (κ3) is 4.70. The van der Waals surface area contributed by atoms with Gasteiger partial charge in [-0.2, -0.15) is 0 Å². The minimum absolute atomic E-state index is 0.292. The summed E-state index contributed by atoms with van der Waals surface area (Å²) >= 11 is 0. The second kappa shape index (κ2) is 9.03. The fourth-order valence-electron chi connectivity index (χ4n) is 2.65. The molecule has 0 bridgehead atoms. The zero-order chi connectivity index (χ0) is 14.9. The number of hydrogen-bond donors (Lipinski definition) is 1. The van der Waals surface area contributed by atoms with Gasteiger partial charge in [0.2, 0.25) is 0 Å². The van der Waals surface area contributed by atoms with Crippen molar-refractivity contribution in [2.75, 3.05) is 40.1 Å². The Morgan fingerprint density at radius 3 is 3.00 bits per heavy atom. The van der Waals surface area contributed by atoms with E-state index < -0.39 is 0 Å². The highest BCUT2D eigenvalue weighted by molar-refractivity contribution is 5.45. The SMILES string of the molecule is CCCNC(CCOCCOC)c1cccc2c1OCC2. The molecule has 1 N–H and O–H groups in total. The fraction of sp³-hybridized carbons (Fsp3) is 0.647. The van der Waals surface area contributed by atoms with E-state index in [0.717, 1.165) is 44.8 Å². The van der Waals surface area contributed by atoms with Gasteiger partial charge in [0, 0.05) is 31.7 Å². The number of methoxy groups -OCH3 is 1. The van der Waals surface area contributed by atoms with Crippen LogP contribution >= 0.6 is 0 Å². The average molecular weight is 293 g/mol. The molecule has 0 aliphatic carbocycles. The molecular weight excluding hydrogens is 266 g/mol. The van der Waals surface area contributed by atoms with E-state index in [9.17, 15) is 0 Å². The standard InChI is InChI=1S/C17H27NO3/c1-3-9-18-16(8-10-20-13-12-19-2)15-6-4-5-14-7-11-21-17(14)15/h4-6,16,18H,3,7-13H2,1-2H3. The normalized spacial score (nSPS) is 14.8. The van der Waals surface area contributed by atoms with Gasteiger partial charge in [-0.05, 0) is 24.9 Å². The number of ether oxygens (including phenoxy) is 3. The Hall–Kier alpha value is -1.10. The van der Waals surface area contributed by atoms with Gasteiger partial charge in [0.1, 0.15) is 5.75 Å². The van der Waals surface area contributed by atoms with Crippen LogP contribution in [0.4, 0.5) is 0 Å². The summed E-state index contributed by atoms with van der Waals surface area (Å²) in [5, 5.41) is 3.62. The lowest BCUT2D eigenvalue weighted by Crippen LogP contribution is -2.24. The van der Waals surface area contributed by atoms with Gasteiger partial charge in [-0.1, -0.05) is 25.1 Å². The molecule has 21 heavy (non-hydrogen) atoms. The molecule has 2 rings (SSSR count). The molecule has 0 amide bonds. The van der Waals surface area contributed by atoms with Crippen LogP contribution in [-0.2, 0) is 15.9 Å². The Morgan fingerprint density at radius 2 is 2.19 bits per heavy atom. The highest BCUT2D eigenvalue weighted by Crippen LogP contribution is 2.34. The number of benzene rings is 1. The molecule has 0 fully saturated rings. The number of fused-ring (bicyclic) bond motifs is 1. The highest BCUT2D eigenvalue weighted by Gasteiger charge is 2.21. The second-order valence-electron chi connectivity index (χ2n) is 5.33. The van der Waals surface area contributed by atoms with Crippen LogP contribution in [0.3, 0.4) is 0 Å². The Kier molecular flexibility index (Phi) is 7.00. The molecule has 1 aliphatic heterocycles. The molecule has 1 unspecified atom stereocenters. The lowest BCUT2D eigenvalue weighted by Gasteiger charge is -2.21. The van der Waals surface area contributed by atoms with Crippen LogP contribution < -0.4 is 10.1 Å². The van der Waals surface area contributed by atoms with Gasteiger partial charge < -0.3 is 19.5 Å². The fourth-order valence-corrected chi connectivity index (χ4v) is 2.65. The van der Waals surface area contributed by atoms with Gasteiger partial charge in [-0.25, -0.2) is 0 Å². The maximum absolute atomic E-state index is 5.83. The summed E-state index contributed by atoms with van der Waals surface area (Å²) in [5.41, 5.74) is 2.60. The van der Waals surface area contributed by atoms with Crippen LogP contribution in [0.25, 0.3) is 0 Å². The zero-order valence-electron chi connectivity index (χ0n) is 13.2. The molecule has 1 aromatic rings. The van der Waals surface area contributed by atoms with Gasteiger partial charge in [-0.15, -0.1) is 0 Å². The van der Waals surface area contributed by atoms with Crippen LogP contribution in [0, 0.1) is 0 Å². The maximum Gasteiger partial charge on any atom is 0.127 e. The highest BCUT2D eigenvalue weighted by atomic mass is 16.5. The van der Waals surface area contributed by atoms with Crippen LogP contribution in [0.1, 0.15) is 36.9 Å². The number of rotatable bonds is 10. The van der Waals surface area contributed by atoms with Gasteiger partial charge in [0.05, 0.1) is 19.8 Å². The minimum atomic E-state index is 0.292. The largest absolute Gasteiger partial charge is 0.493 e. The summed E-state index contributed by atoms with van der Waals surface area (Å²) in [4.78, 5) is 0. The van der Waals surface area contributed by atoms with Crippen molar-refractivity contribution in [1.29, 1.82) is 0 Å². The quantitative estimate of drug-likeness (QED) is 0.673. The summed E-state index contributed by atoms with van der Waals surface area (Å²) < 4.78 is 16.5. The van der Waals surface area contributed by atoms with Crippen molar-refractivity contribution >= 4 is 0 Å². The summed E-state index contributed by atoms with van der Waals surface area (Å²) in [6.07, 6.45) is 3.09. The second-order valence-corrected chi connectivity index (χ2v) is 5.33. The number of para-hydroxylation sites is 1. The minimum Gasteiger partial charge on any atom is -0.493 e. The molecule has 0 radical (unpaired) electrons. The first-order valence-corrected chi connectivity index (χ1v) is 7.91. The summed E-state index contributed by atoms with van der Waals surface area (Å²) in [5.74, 6) is 1.09. The molecule has 0 saturated heterocycles. The van der Waals surface area contributed by atoms with E-state index in [1.54, 1.807) is 7.11 Å². The van der Waals surface area contributed by atoms with Crippen LogP contribution in [0.2, 0.25) is 0 Å². The first-order chi connectivity index (χ1) is 10.4. The topological polar surface area (TPSA) is 39.7 Å². The van der Waals surface area contributed by atoms with E-state index in [4.69, 9.17) is 14.2 Å². The van der Waals surface area contributed by atoms with E-state index in [-0.39, 0.29) is 0 Å². The molecule has 4 heteroatoms. The molecule has 1 atom stereocenters. The molecule has 1 heterocycles. The monoisotopic (exact) mass is 293 g/mol. The van der Waals surface area contributed by atoms with E-state index in [0.29, 0.717) is 19.3 Å². The zero-order valence-corrected chi connectivity index (χ0v) is 13.2. The van der Waals surface area contributed by atoms with Crippen molar-refractivity contribution in [3.63, 3.8) is 0 Å². The van der Waals surface area contributed by atoms with Gasteiger partial charge >= 0.3 is 0 Å².